The Bertz CT molecular complexity index is 949. The number of rotatable bonds is 6. The second kappa shape index (κ2) is 8.55. The Labute approximate surface area is 155 Å². The minimum atomic E-state index is -4.89. The van der Waals surface area contributed by atoms with E-state index in [0.717, 1.165) is 0 Å². The maximum atomic E-state index is 12.9. The molecule has 0 fully saturated rings. The average Bonchev–Trinajstić information content (AvgIpc) is 2.63. The fourth-order valence-corrected chi connectivity index (χ4v) is 2.82. The van der Waals surface area contributed by atoms with Crippen LogP contribution in [0.15, 0.2) is 46.2 Å². The quantitative estimate of drug-likeness (QED) is 0.458. The number of ether oxygens (including phenoxy) is 1. The lowest BCUT2D eigenvalue weighted by Gasteiger charge is -2.11. The van der Waals surface area contributed by atoms with Crippen molar-refractivity contribution in [3.8, 4) is 6.07 Å². The molecular formula is C17H11F3N2O4S. The molecule has 0 unspecified atom stereocenters. The largest absolute Gasteiger partial charge is 0.457 e. The number of hydrogen-bond donors (Lipinski definition) is 1. The molecule has 140 valence electrons. The molecule has 0 saturated heterocycles. The number of aromatic nitrogens is 1. The number of alkyl halides is 3. The molecule has 1 aromatic carbocycles. The van der Waals surface area contributed by atoms with Gasteiger partial charge in [-0.25, -0.2) is 0 Å². The van der Waals surface area contributed by atoms with Crippen LogP contribution in [-0.2, 0) is 15.7 Å². The van der Waals surface area contributed by atoms with Gasteiger partial charge in [0.1, 0.15) is 6.07 Å². The Morgan fingerprint density at radius 3 is 2.48 bits per heavy atom. The standard InChI is InChI=1S/C17H11F3N2O4S/c18-17(19,20)12-6-14(24)22-16(11(12)7-21)27-9-15(25)26-8-13(23)10-4-2-1-3-5-10/h1-6H,8-9H2,(H,22,24). The van der Waals surface area contributed by atoms with E-state index in [-0.39, 0.29) is 6.07 Å². The van der Waals surface area contributed by atoms with Crippen molar-refractivity contribution < 1.29 is 27.5 Å². The van der Waals surface area contributed by atoms with E-state index >= 15 is 0 Å². The zero-order valence-electron chi connectivity index (χ0n) is 13.5. The lowest BCUT2D eigenvalue weighted by molar-refractivity contribution is -0.139. The highest BCUT2D eigenvalue weighted by Gasteiger charge is 2.35. The van der Waals surface area contributed by atoms with Gasteiger partial charge in [-0.2, -0.15) is 18.4 Å². The van der Waals surface area contributed by atoms with E-state index in [1.807, 2.05) is 0 Å². The number of nitrogens with zero attached hydrogens (tertiary/aromatic N) is 1. The summed E-state index contributed by atoms with van der Waals surface area (Å²) in [5.74, 6) is -1.82. The highest BCUT2D eigenvalue weighted by atomic mass is 32.2. The van der Waals surface area contributed by atoms with Gasteiger partial charge in [-0.15, -0.1) is 0 Å². The molecule has 2 aromatic rings. The van der Waals surface area contributed by atoms with Crippen molar-refractivity contribution in [1.29, 1.82) is 5.26 Å². The number of esters is 1. The molecule has 0 aliphatic heterocycles. The van der Waals surface area contributed by atoms with Crippen LogP contribution < -0.4 is 5.56 Å². The Morgan fingerprint density at radius 2 is 1.89 bits per heavy atom. The average molecular weight is 396 g/mol. The third kappa shape index (κ3) is 5.46. The Balaban J connectivity index is 2.03. The monoisotopic (exact) mass is 396 g/mol. The molecule has 0 atom stereocenters. The number of nitrogens with one attached hydrogen (secondary N) is 1. The van der Waals surface area contributed by atoms with Crippen LogP contribution in [0.3, 0.4) is 0 Å². The van der Waals surface area contributed by atoms with Gasteiger partial charge in [0.2, 0.25) is 5.56 Å². The first-order valence-corrected chi connectivity index (χ1v) is 8.32. The lowest BCUT2D eigenvalue weighted by atomic mass is 10.1. The first-order chi connectivity index (χ1) is 12.7. The molecule has 0 amide bonds. The van der Waals surface area contributed by atoms with Crippen LogP contribution in [0.25, 0.3) is 0 Å². The summed E-state index contributed by atoms with van der Waals surface area (Å²) in [6.45, 7) is -0.534. The Morgan fingerprint density at radius 1 is 1.22 bits per heavy atom. The van der Waals surface area contributed by atoms with Crippen molar-refractivity contribution in [1.82, 2.24) is 4.98 Å². The first kappa shape index (κ1) is 20.3. The van der Waals surface area contributed by atoms with Crippen LogP contribution >= 0.6 is 11.8 Å². The summed E-state index contributed by atoms with van der Waals surface area (Å²) < 4.78 is 43.5. The van der Waals surface area contributed by atoms with Crippen molar-refractivity contribution in [3.63, 3.8) is 0 Å². The zero-order chi connectivity index (χ0) is 20.0. The van der Waals surface area contributed by atoms with Gasteiger partial charge in [0.15, 0.2) is 12.4 Å². The van der Waals surface area contributed by atoms with E-state index in [9.17, 15) is 27.6 Å². The maximum Gasteiger partial charge on any atom is 0.417 e. The molecule has 0 radical (unpaired) electrons. The molecule has 0 bridgehead atoms. The second-order valence-electron chi connectivity index (χ2n) is 5.10. The number of Topliss-reactive ketones (excluding diaryl/α,β-unsaturated/α-hetero) is 1. The van der Waals surface area contributed by atoms with Crippen LogP contribution in [0.4, 0.5) is 13.2 Å². The summed E-state index contributed by atoms with van der Waals surface area (Å²) in [5.41, 5.74) is -2.90. The number of halogens is 3. The predicted molar refractivity (Wildman–Crippen MR) is 89.2 cm³/mol. The lowest BCUT2D eigenvalue weighted by Crippen LogP contribution is -2.18. The number of hydrogen-bond acceptors (Lipinski definition) is 6. The van der Waals surface area contributed by atoms with Crippen LogP contribution in [0.2, 0.25) is 0 Å². The fraction of sp³-hybridized carbons (Fsp3) is 0.176. The third-order valence-electron chi connectivity index (χ3n) is 3.22. The van der Waals surface area contributed by atoms with Gasteiger partial charge in [0.05, 0.1) is 21.9 Å². The van der Waals surface area contributed by atoms with Crippen LogP contribution in [0, 0.1) is 11.3 Å². The third-order valence-corrected chi connectivity index (χ3v) is 4.20. The van der Waals surface area contributed by atoms with E-state index in [2.05, 4.69) is 4.98 Å². The number of carbonyl (C=O) groups excluding carboxylic acids is 2. The number of aromatic amines is 1. The van der Waals surface area contributed by atoms with Gasteiger partial charge in [0, 0.05) is 11.6 Å². The number of ketones is 1. The SMILES string of the molecule is N#Cc1c(C(F)(F)F)cc(=O)[nH]c1SCC(=O)OCC(=O)c1ccccc1. The molecule has 1 N–H and O–H groups in total. The van der Waals surface area contributed by atoms with Crippen LogP contribution in [0.5, 0.6) is 0 Å². The van der Waals surface area contributed by atoms with E-state index < -0.39 is 52.0 Å². The van der Waals surface area contributed by atoms with Gasteiger partial charge in [0.25, 0.3) is 0 Å². The van der Waals surface area contributed by atoms with E-state index in [4.69, 9.17) is 10.00 Å². The van der Waals surface area contributed by atoms with Gasteiger partial charge in [-0.3, -0.25) is 14.4 Å². The Hall–Kier alpha value is -3.06. The number of thioether (sulfide) groups is 1. The van der Waals surface area contributed by atoms with Crippen molar-refractivity contribution in [2.45, 2.75) is 11.2 Å². The molecule has 27 heavy (non-hydrogen) atoms. The maximum absolute atomic E-state index is 12.9. The van der Waals surface area contributed by atoms with Crippen molar-refractivity contribution in [3.05, 3.63) is 63.4 Å². The fourth-order valence-electron chi connectivity index (χ4n) is 2.01. The van der Waals surface area contributed by atoms with Gasteiger partial charge in [-0.1, -0.05) is 42.1 Å². The second-order valence-corrected chi connectivity index (χ2v) is 6.09. The summed E-state index contributed by atoms with van der Waals surface area (Å²) in [6, 6.07) is 9.72. The minimum absolute atomic E-state index is 0.277. The highest BCUT2D eigenvalue weighted by Crippen LogP contribution is 2.34. The van der Waals surface area contributed by atoms with Gasteiger partial charge >= 0.3 is 12.1 Å². The smallest absolute Gasteiger partial charge is 0.417 e. The zero-order valence-corrected chi connectivity index (χ0v) is 14.3. The topological polar surface area (TPSA) is 100 Å². The molecule has 10 heteroatoms. The summed E-state index contributed by atoms with van der Waals surface area (Å²) >= 11 is 0.508. The van der Waals surface area contributed by atoms with E-state index in [1.54, 1.807) is 18.2 Å². The van der Waals surface area contributed by atoms with Gasteiger partial charge < -0.3 is 9.72 Å². The number of pyridine rings is 1. The number of benzene rings is 1. The van der Waals surface area contributed by atoms with E-state index in [0.29, 0.717) is 17.3 Å². The van der Waals surface area contributed by atoms with Crippen LogP contribution in [-0.4, -0.2) is 29.1 Å². The molecule has 6 nitrogen and oxygen atoms in total. The molecule has 0 aliphatic carbocycles. The molecule has 0 saturated carbocycles. The number of nitriles is 1. The summed E-state index contributed by atoms with van der Waals surface area (Å²) in [6.07, 6.45) is -4.89. The molecule has 0 aliphatic rings. The van der Waals surface area contributed by atoms with Crippen LogP contribution in [0.1, 0.15) is 21.5 Å². The first-order valence-electron chi connectivity index (χ1n) is 7.33. The molecule has 0 spiro atoms. The van der Waals surface area contributed by atoms with Crippen molar-refractivity contribution in [2.24, 2.45) is 0 Å². The van der Waals surface area contributed by atoms with Crippen molar-refractivity contribution in [2.75, 3.05) is 12.4 Å². The molecule has 1 aromatic heterocycles. The van der Waals surface area contributed by atoms with E-state index in [1.165, 1.54) is 18.2 Å². The summed E-state index contributed by atoms with van der Waals surface area (Å²) in [7, 11) is 0. The van der Waals surface area contributed by atoms with Crippen molar-refractivity contribution >= 4 is 23.5 Å². The summed E-state index contributed by atoms with van der Waals surface area (Å²) in [4.78, 5) is 37.0. The number of carbonyl (C=O) groups is 2. The molecule has 1 heterocycles. The van der Waals surface area contributed by atoms with Gasteiger partial charge in [-0.05, 0) is 0 Å². The highest BCUT2D eigenvalue weighted by molar-refractivity contribution is 7.99. The minimum Gasteiger partial charge on any atom is -0.457 e. The normalized spacial score (nSPS) is 10.9. The number of H-pyrrole nitrogens is 1. The predicted octanol–water partition coefficient (Wildman–Crippen LogP) is 2.78. The summed E-state index contributed by atoms with van der Waals surface area (Å²) in [5, 5.41) is 8.58. The Kier molecular flexibility index (Phi) is 6.41. The molecular weight excluding hydrogens is 385 g/mol. The molecule has 2 rings (SSSR count).